The van der Waals surface area contributed by atoms with Gasteiger partial charge in [0, 0.05) is 22.8 Å². The molecule has 0 unspecified atom stereocenters. The van der Waals surface area contributed by atoms with Crippen molar-refractivity contribution in [3.8, 4) is 0 Å². The van der Waals surface area contributed by atoms with Crippen LogP contribution in [0.2, 0.25) is 0 Å². The van der Waals surface area contributed by atoms with Gasteiger partial charge in [-0.2, -0.15) is 0 Å². The van der Waals surface area contributed by atoms with E-state index in [0.29, 0.717) is 6.54 Å². The first-order valence-electron chi connectivity index (χ1n) is 6.60. The van der Waals surface area contributed by atoms with E-state index in [1.165, 1.54) is 10.5 Å². The van der Waals surface area contributed by atoms with Crippen molar-refractivity contribution < 1.29 is 9.21 Å². The highest BCUT2D eigenvalue weighted by Gasteiger charge is 2.21. The van der Waals surface area contributed by atoms with Crippen molar-refractivity contribution >= 4 is 17.8 Å². The first kappa shape index (κ1) is 13.1. The Morgan fingerprint density at radius 3 is 3.10 bits per heavy atom. The van der Waals surface area contributed by atoms with Crippen molar-refractivity contribution in [2.24, 2.45) is 0 Å². The number of hydrogen-bond acceptors (Lipinski definition) is 3. The number of thioether (sulfide) groups is 1. The number of benzene rings is 1. The molecule has 0 saturated carbocycles. The Bertz CT molecular complexity index is 583. The third-order valence-electron chi connectivity index (χ3n) is 3.30. The van der Waals surface area contributed by atoms with Crippen LogP contribution in [0.4, 0.5) is 4.79 Å². The first-order chi connectivity index (χ1) is 9.83. The minimum atomic E-state index is -0.141. The van der Waals surface area contributed by atoms with E-state index in [1.54, 1.807) is 12.5 Å². The van der Waals surface area contributed by atoms with Crippen LogP contribution in [0.25, 0.3) is 0 Å². The minimum absolute atomic E-state index is 0.0943. The highest BCUT2D eigenvalue weighted by Crippen LogP contribution is 2.35. The summed E-state index contributed by atoms with van der Waals surface area (Å²) in [6.07, 6.45) is 4.19. The van der Waals surface area contributed by atoms with Crippen LogP contribution in [-0.2, 0) is 6.54 Å². The number of rotatable bonds is 3. The summed E-state index contributed by atoms with van der Waals surface area (Å²) in [6.45, 7) is 0.478. The van der Waals surface area contributed by atoms with Crippen molar-refractivity contribution in [1.82, 2.24) is 10.6 Å². The zero-order chi connectivity index (χ0) is 13.8. The number of carbonyl (C=O) groups excluding carboxylic acids is 1. The molecule has 1 aromatic heterocycles. The lowest BCUT2D eigenvalue weighted by Gasteiger charge is -2.25. The summed E-state index contributed by atoms with van der Waals surface area (Å²) in [5, 5.41) is 5.89. The fraction of sp³-hybridized carbons (Fsp3) is 0.267. The van der Waals surface area contributed by atoms with E-state index in [9.17, 15) is 4.79 Å². The van der Waals surface area contributed by atoms with Gasteiger partial charge in [0.25, 0.3) is 0 Å². The van der Waals surface area contributed by atoms with E-state index in [4.69, 9.17) is 4.42 Å². The van der Waals surface area contributed by atoms with Gasteiger partial charge in [-0.3, -0.25) is 0 Å². The summed E-state index contributed by atoms with van der Waals surface area (Å²) >= 11 is 1.85. The molecule has 1 atom stereocenters. The van der Waals surface area contributed by atoms with Crippen molar-refractivity contribution in [1.29, 1.82) is 0 Å². The SMILES string of the molecule is O=C(NCc1ccoc1)N[C@@H]1CCSc2ccccc21. The molecule has 2 N–H and O–H groups in total. The standard InChI is InChI=1S/C15H16N2O2S/c18-15(16-9-11-5-7-19-10-11)17-13-6-8-20-14-4-2-1-3-12(13)14/h1-5,7,10,13H,6,8-9H2,(H2,16,17,18)/t13-/m1/s1. The summed E-state index contributed by atoms with van der Waals surface area (Å²) < 4.78 is 4.97. The van der Waals surface area contributed by atoms with Crippen molar-refractivity contribution in [2.75, 3.05) is 5.75 Å². The van der Waals surface area contributed by atoms with E-state index in [-0.39, 0.29) is 12.1 Å². The number of nitrogens with one attached hydrogen (secondary N) is 2. The molecule has 2 amide bonds. The zero-order valence-electron chi connectivity index (χ0n) is 11.0. The molecule has 1 aliphatic rings. The lowest BCUT2D eigenvalue weighted by molar-refractivity contribution is 0.236. The van der Waals surface area contributed by atoms with Gasteiger partial charge in [-0.25, -0.2) is 4.79 Å². The molecule has 2 aromatic rings. The average molecular weight is 288 g/mol. The molecule has 0 fully saturated rings. The molecule has 1 aromatic carbocycles. The van der Waals surface area contributed by atoms with Gasteiger partial charge in [0.2, 0.25) is 0 Å². The molecule has 0 saturated heterocycles. The van der Waals surface area contributed by atoms with E-state index in [1.807, 2.05) is 30.0 Å². The average Bonchev–Trinajstić information content (AvgIpc) is 2.99. The molecule has 0 aliphatic carbocycles. The highest BCUT2D eigenvalue weighted by atomic mass is 32.2. The first-order valence-corrected chi connectivity index (χ1v) is 7.58. The van der Waals surface area contributed by atoms with E-state index in [2.05, 4.69) is 22.8 Å². The molecule has 1 aliphatic heterocycles. The number of carbonyl (C=O) groups is 1. The number of urea groups is 1. The minimum Gasteiger partial charge on any atom is -0.472 e. The number of hydrogen-bond donors (Lipinski definition) is 2. The Morgan fingerprint density at radius 1 is 1.35 bits per heavy atom. The molecule has 3 rings (SSSR count). The second-order valence-electron chi connectivity index (χ2n) is 4.69. The van der Waals surface area contributed by atoms with E-state index < -0.39 is 0 Å². The number of fused-ring (bicyclic) bond motifs is 1. The monoisotopic (exact) mass is 288 g/mol. The van der Waals surface area contributed by atoms with Gasteiger partial charge in [-0.05, 0) is 24.1 Å². The summed E-state index contributed by atoms with van der Waals surface area (Å²) in [5.74, 6) is 1.03. The van der Waals surface area contributed by atoms with Gasteiger partial charge in [0.15, 0.2) is 0 Å². The van der Waals surface area contributed by atoms with Crippen molar-refractivity contribution in [2.45, 2.75) is 23.9 Å². The molecule has 4 nitrogen and oxygen atoms in total. The number of furan rings is 1. The lowest BCUT2D eigenvalue weighted by atomic mass is 10.0. The van der Waals surface area contributed by atoms with Crippen LogP contribution in [-0.4, -0.2) is 11.8 Å². The van der Waals surface area contributed by atoms with Crippen LogP contribution in [0, 0.1) is 0 Å². The third kappa shape index (κ3) is 2.99. The largest absolute Gasteiger partial charge is 0.472 e. The third-order valence-corrected chi connectivity index (χ3v) is 4.42. The predicted octanol–water partition coefficient (Wildman–Crippen LogP) is 3.32. The van der Waals surface area contributed by atoms with Gasteiger partial charge < -0.3 is 15.1 Å². The van der Waals surface area contributed by atoms with Gasteiger partial charge in [0.1, 0.15) is 0 Å². The molecule has 0 radical (unpaired) electrons. The fourth-order valence-corrected chi connectivity index (χ4v) is 3.40. The van der Waals surface area contributed by atoms with Gasteiger partial charge >= 0.3 is 6.03 Å². The van der Waals surface area contributed by atoms with Crippen molar-refractivity contribution in [3.05, 3.63) is 54.0 Å². The van der Waals surface area contributed by atoms with E-state index >= 15 is 0 Å². The Kier molecular flexibility index (Phi) is 3.97. The summed E-state index contributed by atoms with van der Waals surface area (Å²) in [4.78, 5) is 13.2. The quantitative estimate of drug-likeness (QED) is 0.911. The predicted molar refractivity (Wildman–Crippen MR) is 78.6 cm³/mol. The second kappa shape index (κ2) is 6.05. The summed E-state index contributed by atoms with van der Waals surface area (Å²) in [6, 6.07) is 10.0. The Labute approximate surface area is 121 Å². The van der Waals surface area contributed by atoms with Crippen LogP contribution in [0.15, 0.2) is 52.2 Å². The molecular formula is C15H16N2O2S. The molecule has 104 valence electrons. The Hall–Kier alpha value is -1.88. The van der Waals surface area contributed by atoms with Gasteiger partial charge in [0.05, 0.1) is 18.6 Å². The Morgan fingerprint density at radius 2 is 2.25 bits per heavy atom. The topological polar surface area (TPSA) is 54.3 Å². The van der Waals surface area contributed by atoms with Crippen LogP contribution in [0.1, 0.15) is 23.6 Å². The van der Waals surface area contributed by atoms with Gasteiger partial charge in [-0.1, -0.05) is 18.2 Å². The van der Waals surface area contributed by atoms with Crippen LogP contribution in [0.3, 0.4) is 0 Å². The zero-order valence-corrected chi connectivity index (χ0v) is 11.8. The second-order valence-corrected chi connectivity index (χ2v) is 5.82. The maximum absolute atomic E-state index is 12.0. The van der Waals surface area contributed by atoms with E-state index in [0.717, 1.165) is 17.7 Å². The van der Waals surface area contributed by atoms with Crippen LogP contribution in [0.5, 0.6) is 0 Å². The summed E-state index contributed by atoms with van der Waals surface area (Å²) in [5.41, 5.74) is 2.17. The molecular weight excluding hydrogens is 272 g/mol. The smallest absolute Gasteiger partial charge is 0.315 e. The van der Waals surface area contributed by atoms with Crippen LogP contribution < -0.4 is 10.6 Å². The number of amides is 2. The van der Waals surface area contributed by atoms with Crippen molar-refractivity contribution in [3.63, 3.8) is 0 Å². The normalized spacial score (nSPS) is 17.3. The Balaban J connectivity index is 1.59. The summed E-state index contributed by atoms with van der Waals surface area (Å²) in [7, 11) is 0. The molecule has 0 spiro atoms. The highest BCUT2D eigenvalue weighted by molar-refractivity contribution is 7.99. The molecule has 5 heteroatoms. The lowest BCUT2D eigenvalue weighted by Crippen LogP contribution is -2.38. The fourth-order valence-electron chi connectivity index (χ4n) is 2.28. The molecule has 0 bridgehead atoms. The maximum Gasteiger partial charge on any atom is 0.315 e. The molecule has 20 heavy (non-hydrogen) atoms. The van der Waals surface area contributed by atoms with Crippen LogP contribution >= 0.6 is 11.8 Å². The van der Waals surface area contributed by atoms with Gasteiger partial charge in [-0.15, -0.1) is 11.8 Å². The maximum atomic E-state index is 12.0. The molecule has 2 heterocycles.